The van der Waals surface area contributed by atoms with Gasteiger partial charge in [-0.25, -0.2) is 9.97 Å². The van der Waals surface area contributed by atoms with Crippen LogP contribution in [0.15, 0.2) is 53.5 Å². The highest BCUT2D eigenvalue weighted by molar-refractivity contribution is 7.80. The van der Waals surface area contributed by atoms with Gasteiger partial charge in [-0.3, -0.25) is 5.32 Å². The standard InChI is InChI=1S/C27H33N7O3S/c1-18-15-19(2)29-25(28-18)31-26(34-13-11-33(12-14-34)21-9-7-6-8-10-21)32-27(38)30-20-16-22(35-3)24(37-5)23(17-20)36-4/h6-10,15-17H,11-14H2,1-5H3,(H2,28,29,30,31,32,38). The fourth-order valence-corrected chi connectivity index (χ4v) is 4.48. The third kappa shape index (κ3) is 6.60. The predicted octanol–water partition coefficient (Wildman–Crippen LogP) is 4.11. The van der Waals surface area contributed by atoms with Crippen molar-refractivity contribution in [1.82, 2.24) is 14.9 Å². The number of para-hydroxylation sites is 1. The summed E-state index contributed by atoms with van der Waals surface area (Å²) in [7, 11) is 4.70. The smallest absolute Gasteiger partial charge is 0.229 e. The van der Waals surface area contributed by atoms with E-state index in [0.29, 0.717) is 34.8 Å². The molecule has 0 unspecified atom stereocenters. The lowest BCUT2D eigenvalue weighted by Crippen LogP contribution is -2.51. The summed E-state index contributed by atoms with van der Waals surface area (Å²) < 4.78 is 16.3. The van der Waals surface area contributed by atoms with Gasteiger partial charge in [0.1, 0.15) is 0 Å². The van der Waals surface area contributed by atoms with Crippen LogP contribution in [0.4, 0.5) is 17.3 Å². The highest BCUT2D eigenvalue weighted by Gasteiger charge is 2.22. The van der Waals surface area contributed by atoms with Crippen molar-refractivity contribution in [2.24, 2.45) is 4.99 Å². The van der Waals surface area contributed by atoms with E-state index in [1.165, 1.54) is 5.69 Å². The van der Waals surface area contributed by atoms with Gasteiger partial charge in [0.25, 0.3) is 0 Å². The zero-order chi connectivity index (χ0) is 27.1. The molecule has 10 nitrogen and oxygen atoms in total. The van der Waals surface area contributed by atoms with Crippen LogP contribution in [0, 0.1) is 13.8 Å². The van der Waals surface area contributed by atoms with E-state index in [1.54, 1.807) is 33.5 Å². The van der Waals surface area contributed by atoms with Crippen LogP contribution in [0.1, 0.15) is 11.4 Å². The molecule has 11 heteroatoms. The largest absolute Gasteiger partial charge is 0.493 e. The normalized spacial score (nSPS) is 13.7. The van der Waals surface area contributed by atoms with Crippen LogP contribution < -0.4 is 29.7 Å². The Kier molecular flexibility index (Phi) is 8.80. The Bertz CT molecular complexity index is 1250. The van der Waals surface area contributed by atoms with Gasteiger partial charge in [-0.15, -0.1) is 0 Å². The molecule has 0 saturated carbocycles. The summed E-state index contributed by atoms with van der Waals surface area (Å²) in [5, 5.41) is 6.73. The number of benzene rings is 2. The average Bonchev–Trinajstić information content (AvgIpc) is 2.92. The summed E-state index contributed by atoms with van der Waals surface area (Å²) in [5.41, 5.74) is 3.60. The van der Waals surface area contributed by atoms with E-state index >= 15 is 0 Å². The first-order chi connectivity index (χ1) is 18.4. The Labute approximate surface area is 228 Å². The Morgan fingerprint density at radius 2 is 1.45 bits per heavy atom. The first kappa shape index (κ1) is 26.9. The molecule has 1 aromatic heterocycles. The number of piperazine rings is 1. The van der Waals surface area contributed by atoms with Crippen LogP contribution in [0.2, 0.25) is 0 Å². The minimum absolute atomic E-state index is 0.261. The second-order valence-electron chi connectivity index (χ2n) is 8.69. The van der Waals surface area contributed by atoms with E-state index in [-0.39, 0.29) is 5.11 Å². The van der Waals surface area contributed by atoms with Gasteiger partial charge in [0, 0.05) is 61.1 Å². The molecule has 1 aliphatic heterocycles. The topological polar surface area (TPSA) is 96.4 Å². The minimum Gasteiger partial charge on any atom is -0.493 e. The highest BCUT2D eigenvalue weighted by Crippen LogP contribution is 2.40. The molecule has 1 saturated heterocycles. The predicted molar refractivity (Wildman–Crippen MR) is 155 cm³/mol. The van der Waals surface area contributed by atoms with Crippen molar-refractivity contribution >= 4 is 40.6 Å². The van der Waals surface area contributed by atoms with Crippen LogP contribution in [0.3, 0.4) is 0 Å². The maximum absolute atomic E-state index is 5.64. The Morgan fingerprint density at radius 3 is 2.00 bits per heavy atom. The number of ether oxygens (including phenoxy) is 3. The number of methoxy groups -OCH3 is 3. The quantitative estimate of drug-likeness (QED) is 0.273. The van der Waals surface area contributed by atoms with E-state index in [1.807, 2.05) is 26.0 Å². The lowest BCUT2D eigenvalue weighted by Gasteiger charge is -2.37. The summed E-state index contributed by atoms with van der Waals surface area (Å²) in [6.45, 7) is 7.05. The third-order valence-electron chi connectivity index (χ3n) is 6.03. The van der Waals surface area contributed by atoms with Gasteiger partial charge in [-0.05, 0) is 44.3 Å². The van der Waals surface area contributed by atoms with Gasteiger partial charge >= 0.3 is 0 Å². The summed E-state index contributed by atoms with van der Waals surface area (Å²) in [6, 6.07) is 15.9. The molecule has 1 fully saturated rings. The van der Waals surface area contributed by atoms with E-state index in [2.05, 4.69) is 54.7 Å². The molecule has 2 heterocycles. The molecule has 1 aliphatic rings. The molecule has 0 amide bonds. The lowest BCUT2D eigenvalue weighted by molar-refractivity contribution is 0.324. The van der Waals surface area contributed by atoms with Crippen molar-refractivity contribution < 1.29 is 14.2 Å². The molecule has 0 radical (unpaired) electrons. The fraction of sp³-hybridized carbons (Fsp3) is 0.333. The molecule has 2 aromatic carbocycles. The second kappa shape index (κ2) is 12.4. The first-order valence-corrected chi connectivity index (χ1v) is 12.6. The molecule has 2 N–H and O–H groups in total. The number of aromatic nitrogens is 2. The molecule has 0 atom stereocenters. The summed E-state index contributed by atoms with van der Waals surface area (Å²) >= 11 is 5.64. The third-order valence-corrected chi connectivity index (χ3v) is 6.22. The second-order valence-corrected chi connectivity index (χ2v) is 9.08. The first-order valence-electron chi connectivity index (χ1n) is 12.2. The van der Waals surface area contributed by atoms with Crippen molar-refractivity contribution in [1.29, 1.82) is 0 Å². The van der Waals surface area contributed by atoms with E-state index in [4.69, 9.17) is 31.4 Å². The summed E-state index contributed by atoms with van der Waals surface area (Å²) in [5.74, 6) is 2.58. The van der Waals surface area contributed by atoms with Gasteiger partial charge in [0.15, 0.2) is 11.5 Å². The van der Waals surface area contributed by atoms with Gasteiger partial charge in [0.05, 0.1) is 21.3 Å². The molecule has 38 heavy (non-hydrogen) atoms. The van der Waals surface area contributed by atoms with Crippen LogP contribution in [-0.2, 0) is 0 Å². The number of aliphatic imine (C=N–C) groups is 1. The maximum atomic E-state index is 5.64. The number of hydrogen-bond acceptors (Lipinski definition) is 7. The van der Waals surface area contributed by atoms with E-state index in [0.717, 1.165) is 37.6 Å². The number of guanidine groups is 1. The monoisotopic (exact) mass is 535 g/mol. The maximum Gasteiger partial charge on any atom is 0.229 e. The van der Waals surface area contributed by atoms with Crippen LogP contribution in [-0.4, -0.2) is 73.4 Å². The zero-order valence-corrected chi connectivity index (χ0v) is 23.1. The minimum atomic E-state index is 0.261. The molecule has 4 rings (SSSR count). The number of nitrogens with zero attached hydrogens (tertiary/aromatic N) is 5. The van der Waals surface area contributed by atoms with E-state index < -0.39 is 0 Å². The zero-order valence-electron chi connectivity index (χ0n) is 22.3. The Balaban J connectivity index is 1.57. The van der Waals surface area contributed by atoms with Crippen molar-refractivity contribution in [2.45, 2.75) is 13.8 Å². The van der Waals surface area contributed by atoms with Crippen LogP contribution in [0.5, 0.6) is 17.2 Å². The van der Waals surface area contributed by atoms with Gasteiger partial charge in [0.2, 0.25) is 22.8 Å². The van der Waals surface area contributed by atoms with Crippen molar-refractivity contribution in [3.63, 3.8) is 0 Å². The molecule has 0 aliphatic carbocycles. The van der Waals surface area contributed by atoms with Gasteiger partial charge in [-0.1, -0.05) is 18.2 Å². The van der Waals surface area contributed by atoms with Crippen molar-refractivity contribution in [3.05, 3.63) is 59.9 Å². The number of anilines is 3. The summed E-state index contributed by atoms with van der Waals surface area (Å²) in [6.07, 6.45) is 0. The number of rotatable bonds is 6. The van der Waals surface area contributed by atoms with Gasteiger partial charge < -0.3 is 29.3 Å². The Hall–Kier alpha value is -4.12. The number of aryl methyl sites for hydroxylation is 2. The molecule has 3 aromatic rings. The molecular weight excluding hydrogens is 502 g/mol. The van der Waals surface area contributed by atoms with Crippen molar-refractivity contribution in [2.75, 3.05) is 63.0 Å². The van der Waals surface area contributed by atoms with Crippen LogP contribution >= 0.6 is 12.2 Å². The number of thiocarbonyl (C=S) groups is 1. The fourth-order valence-electron chi connectivity index (χ4n) is 4.28. The average molecular weight is 536 g/mol. The van der Waals surface area contributed by atoms with Crippen LogP contribution in [0.25, 0.3) is 0 Å². The number of nitrogens with one attached hydrogen (secondary N) is 2. The summed E-state index contributed by atoms with van der Waals surface area (Å²) in [4.78, 5) is 18.3. The number of hydrogen-bond donors (Lipinski definition) is 2. The molecule has 0 spiro atoms. The van der Waals surface area contributed by atoms with Crippen molar-refractivity contribution in [3.8, 4) is 17.2 Å². The molecule has 200 valence electrons. The highest BCUT2D eigenvalue weighted by atomic mass is 32.1. The molecular formula is C27H33N7O3S. The van der Waals surface area contributed by atoms with E-state index in [9.17, 15) is 0 Å². The Morgan fingerprint density at radius 1 is 0.842 bits per heavy atom. The SMILES string of the molecule is COc1cc(NC(=S)/N=C(/Nc2nc(C)cc(C)n2)N2CCN(c3ccccc3)CC2)cc(OC)c1OC. The molecule has 0 bridgehead atoms. The lowest BCUT2D eigenvalue weighted by atomic mass is 10.2. The van der Waals surface area contributed by atoms with Gasteiger partial charge in [-0.2, -0.15) is 4.99 Å².